The third-order valence-corrected chi connectivity index (χ3v) is 2.55. The van der Waals surface area contributed by atoms with E-state index < -0.39 is 5.92 Å². The summed E-state index contributed by atoms with van der Waals surface area (Å²) in [4.78, 5) is 23.5. The molecule has 0 radical (unpaired) electrons. The lowest BCUT2D eigenvalue weighted by atomic mass is 9.94. The van der Waals surface area contributed by atoms with E-state index in [2.05, 4.69) is 15.8 Å². The van der Waals surface area contributed by atoms with Crippen LogP contribution in [0.25, 0.3) is 0 Å². The van der Waals surface area contributed by atoms with Gasteiger partial charge in [-0.05, 0) is 26.7 Å². The van der Waals surface area contributed by atoms with Crippen molar-refractivity contribution < 1.29 is 14.8 Å². The predicted molar refractivity (Wildman–Crippen MR) is 77.3 cm³/mol. The minimum atomic E-state index is -0.703. The van der Waals surface area contributed by atoms with Gasteiger partial charge in [0.15, 0.2) is 5.84 Å². The van der Waals surface area contributed by atoms with Crippen LogP contribution in [0.15, 0.2) is 5.16 Å². The van der Waals surface area contributed by atoms with Crippen LogP contribution in [0.1, 0.15) is 41.0 Å². The Labute approximate surface area is 120 Å². The first kappa shape index (κ1) is 18.2. The number of hydrogen-bond acceptors (Lipinski definition) is 4. The fraction of sp³-hybridized carbons (Fsp3) is 0.769. The summed E-state index contributed by atoms with van der Waals surface area (Å²) in [6, 6.07) is 0. The highest BCUT2D eigenvalue weighted by Crippen LogP contribution is 2.11. The molecule has 7 heteroatoms. The van der Waals surface area contributed by atoms with Crippen LogP contribution in [0.3, 0.4) is 0 Å². The van der Waals surface area contributed by atoms with Gasteiger partial charge >= 0.3 is 0 Å². The molecular weight excluding hydrogens is 260 g/mol. The van der Waals surface area contributed by atoms with Crippen LogP contribution in [0, 0.1) is 11.8 Å². The van der Waals surface area contributed by atoms with E-state index in [1.807, 2.05) is 20.8 Å². The summed E-state index contributed by atoms with van der Waals surface area (Å²) in [5.41, 5.74) is 5.20. The van der Waals surface area contributed by atoms with Crippen LogP contribution in [0.4, 0.5) is 0 Å². The Morgan fingerprint density at radius 1 is 1.30 bits per heavy atom. The molecule has 2 amide bonds. The molecule has 20 heavy (non-hydrogen) atoms. The molecule has 0 bridgehead atoms. The van der Waals surface area contributed by atoms with Gasteiger partial charge in [0, 0.05) is 18.5 Å². The van der Waals surface area contributed by atoms with Gasteiger partial charge < -0.3 is 21.6 Å². The highest BCUT2D eigenvalue weighted by Gasteiger charge is 2.26. The van der Waals surface area contributed by atoms with Crippen LogP contribution in [0.2, 0.25) is 0 Å². The number of carbonyl (C=O) groups excluding carboxylic acids is 2. The molecule has 0 rings (SSSR count). The van der Waals surface area contributed by atoms with Gasteiger partial charge in [-0.3, -0.25) is 9.59 Å². The zero-order valence-corrected chi connectivity index (χ0v) is 12.9. The lowest BCUT2D eigenvalue weighted by Crippen LogP contribution is -2.44. The van der Waals surface area contributed by atoms with Gasteiger partial charge in [0.05, 0.1) is 0 Å². The number of nitrogens with one attached hydrogen (secondary N) is 2. The summed E-state index contributed by atoms with van der Waals surface area (Å²) in [5.74, 6) is -1.42. The number of hydrogen-bond donors (Lipinski definition) is 4. The van der Waals surface area contributed by atoms with Crippen molar-refractivity contribution in [3.63, 3.8) is 0 Å². The van der Waals surface area contributed by atoms with Gasteiger partial charge in [-0.1, -0.05) is 19.0 Å². The number of amidine groups is 1. The predicted octanol–water partition coefficient (Wildman–Crippen LogP) is 0.426. The SMILES string of the molecule is CC(C)C(C(=O)NCCC(=O)NC(C)(C)C)C(N)=NO. The smallest absolute Gasteiger partial charge is 0.231 e. The molecule has 0 saturated carbocycles. The van der Waals surface area contributed by atoms with E-state index in [1.54, 1.807) is 13.8 Å². The highest BCUT2D eigenvalue weighted by atomic mass is 16.4. The molecule has 1 unspecified atom stereocenters. The van der Waals surface area contributed by atoms with Gasteiger partial charge in [0.1, 0.15) is 5.92 Å². The van der Waals surface area contributed by atoms with Crippen LogP contribution in [0.5, 0.6) is 0 Å². The number of oxime groups is 1. The standard InChI is InChI=1S/C13H26N4O3/c1-8(2)10(11(14)17-20)12(19)15-7-6-9(18)16-13(3,4)5/h8,10,20H,6-7H2,1-5H3,(H2,14,17)(H,15,19)(H,16,18). The number of nitrogens with zero attached hydrogens (tertiary/aromatic N) is 1. The third-order valence-electron chi connectivity index (χ3n) is 2.55. The van der Waals surface area contributed by atoms with Crippen molar-refractivity contribution >= 4 is 17.6 Å². The van der Waals surface area contributed by atoms with E-state index in [1.165, 1.54) is 0 Å². The first-order chi connectivity index (χ1) is 9.08. The second-order valence-electron chi connectivity index (χ2n) is 6.09. The zero-order valence-electron chi connectivity index (χ0n) is 12.9. The Hall–Kier alpha value is -1.79. The second kappa shape index (κ2) is 7.72. The van der Waals surface area contributed by atoms with Gasteiger partial charge in [-0.15, -0.1) is 0 Å². The van der Waals surface area contributed by atoms with Crippen molar-refractivity contribution in [2.75, 3.05) is 6.54 Å². The van der Waals surface area contributed by atoms with Crippen molar-refractivity contribution in [3.8, 4) is 0 Å². The van der Waals surface area contributed by atoms with Crippen molar-refractivity contribution in [1.29, 1.82) is 0 Å². The van der Waals surface area contributed by atoms with Crippen LogP contribution < -0.4 is 16.4 Å². The summed E-state index contributed by atoms with van der Waals surface area (Å²) in [6.45, 7) is 9.47. The summed E-state index contributed by atoms with van der Waals surface area (Å²) >= 11 is 0. The summed E-state index contributed by atoms with van der Waals surface area (Å²) < 4.78 is 0. The molecule has 0 heterocycles. The van der Waals surface area contributed by atoms with E-state index in [0.29, 0.717) is 0 Å². The Bertz CT molecular complexity index is 372. The van der Waals surface area contributed by atoms with Crippen molar-refractivity contribution in [3.05, 3.63) is 0 Å². The molecule has 5 N–H and O–H groups in total. The Morgan fingerprint density at radius 2 is 1.85 bits per heavy atom. The minimum absolute atomic E-state index is 0.102. The topological polar surface area (TPSA) is 117 Å². The first-order valence-corrected chi connectivity index (χ1v) is 6.64. The third kappa shape index (κ3) is 6.96. The molecule has 0 aliphatic heterocycles. The number of nitrogens with two attached hydrogens (primary N) is 1. The maximum atomic E-state index is 11.9. The normalized spacial score (nSPS) is 14.0. The molecule has 0 aliphatic rings. The lowest BCUT2D eigenvalue weighted by molar-refractivity contribution is -0.124. The molecule has 0 saturated heterocycles. The molecule has 0 aromatic carbocycles. The number of amides is 2. The Kier molecular flexibility index (Phi) is 7.02. The first-order valence-electron chi connectivity index (χ1n) is 6.64. The lowest BCUT2D eigenvalue weighted by Gasteiger charge is -2.21. The fourth-order valence-electron chi connectivity index (χ4n) is 1.73. The van der Waals surface area contributed by atoms with Gasteiger partial charge in [-0.25, -0.2) is 0 Å². The van der Waals surface area contributed by atoms with Crippen molar-refractivity contribution in [2.24, 2.45) is 22.7 Å². The van der Waals surface area contributed by atoms with Crippen LogP contribution >= 0.6 is 0 Å². The summed E-state index contributed by atoms with van der Waals surface area (Å²) in [6.07, 6.45) is 0.185. The minimum Gasteiger partial charge on any atom is -0.409 e. The van der Waals surface area contributed by atoms with Crippen LogP contribution in [-0.4, -0.2) is 34.9 Å². The maximum Gasteiger partial charge on any atom is 0.231 e. The molecule has 116 valence electrons. The van der Waals surface area contributed by atoms with Gasteiger partial charge in [0.25, 0.3) is 0 Å². The van der Waals surface area contributed by atoms with E-state index in [4.69, 9.17) is 10.9 Å². The average molecular weight is 286 g/mol. The summed E-state index contributed by atoms with van der Waals surface area (Å²) in [7, 11) is 0. The Morgan fingerprint density at radius 3 is 2.25 bits per heavy atom. The number of carbonyl (C=O) groups is 2. The maximum absolute atomic E-state index is 11.9. The quantitative estimate of drug-likeness (QED) is 0.245. The van der Waals surface area contributed by atoms with E-state index >= 15 is 0 Å². The van der Waals surface area contributed by atoms with Gasteiger partial charge in [0.2, 0.25) is 11.8 Å². The average Bonchev–Trinajstić information content (AvgIpc) is 2.25. The van der Waals surface area contributed by atoms with E-state index in [0.717, 1.165) is 0 Å². The van der Waals surface area contributed by atoms with Crippen molar-refractivity contribution in [1.82, 2.24) is 10.6 Å². The van der Waals surface area contributed by atoms with E-state index in [9.17, 15) is 9.59 Å². The Balaban J connectivity index is 4.31. The molecule has 0 aromatic rings. The largest absolute Gasteiger partial charge is 0.409 e. The van der Waals surface area contributed by atoms with Crippen LogP contribution in [-0.2, 0) is 9.59 Å². The zero-order chi connectivity index (χ0) is 15.9. The fourth-order valence-corrected chi connectivity index (χ4v) is 1.73. The van der Waals surface area contributed by atoms with Crippen molar-refractivity contribution in [2.45, 2.75) is 46.6 Å². The molecule has 0 fully saturated rings. The highest BCUT2D eigenvalue weighted by molar-refractivity contribution is 6.02. The molecule has 7 nitrogen and oxygen atoms in total. The van der Waals surface area contributed by atoms with Gasteiger partial charge in [-0.2, -0.15) is 0 Å². The molecule has 1 atom stereocenters. The molecular formula is C13H26N4O3. The summed E-state index contributed by atoms with van der Waals surface area (Å²) in [5, 5.41) is 17.0. The number of rotatable bonds is 6. The van der Waals surface area contributed by atoms with E-state index in [-0.39, 0.29) is 42.1 Å². The molecule has 0 aliphatic carbocycles. The second-order valence-corrected chi connectivity index (χ2v) is 6.09. The monoisotopic (exact) mass is 286 g/mol. The molecule has 0 spiro atoms. The molecule has 0 aromatic heterocycles.